The van der Waals surface area contributed by atoms with Crippen LogP contribution in [0.15, 0.2) is 0 Å². The molecular formula is C20H43N. The number of hydrogen-bond acceptors (Lipinski definition) is 1. The maximum Gasteiger partial charge on any atom is 0.0161 e. The van der Waals surface area contributed by atoms with Crippen LogP contribution in [0.25, 0.3) is 0 Å². The molecule has 0 heterocycles. The van der Waals surface area contributed by atoms with Gasteiger partial charge in [-0.1, -0.05) is 48.5 Å². The Balaban J connectivity index is 5.40. The lowest BCUT2D eigenvalue weighted by Crippen LogP contribution is -2.53. The first kappa shape index (κ1) is 21.0. The standard InChI is InChI=1S/C20H43N/c1-12-13-21(17(6)7)19(9,10)14-20(11,16(4)5)18(8)15(2)3/h15-18H,12-14H2,1-11H3. The van der Waals surface area contributed by atoms with Crippen molar-refractivity contribution in [1.29, 1.82) is 0 Å². The third-order valence-electron chi connectivity index (χ3n) is 6.04. The Morgan fingerprint density at radius 2 is 1.33 bits per heavy atom. The molecule has 0 bridgehead atoms. The van der Waals surface area contributed by atoms with Gasteiger partial charge in [0.25, 0.3) is 0 Å². The molecule has 0 fully saturated rings. The van der Waals surface area contributed by atoms with Crippen LogP contribution in [-0.2, 0) is 0 Å². The topological polar surface area (TPSA) is 3.24 Å². The molecular weight excluding hydrogens is 254 g/mol. The maximum absolute atomic E-state index is 2.71. The molecule has 1 nitrogen and oxygen atoms in total. The monoisotopic (exact) mass is 297 g/mol. The van der Waals surface area contributed by atoms with E-state index < -0.39 is 0 Å². The van der Waals surface area contributed by atoms with E-state index in [1.807, 2.05) is 0 Å². The van der Waals surface area contributed by atoms with Gasteiger partial charge in [-0.15, -0.1) is 0 Å². The van der Waals surface area contributed by atoms with Crippen LogP contribution in [0.2, 0.25) is 0 Å². The van der Waals surface area contributed by atoms with Crippen molar-refractivity contribution >= 4 is 0 Å². The highest BCUT2D eigenvalue weighted by molar-refractivity contribution is 4.95. The molecule has 0 N–H and O–H groups in total. The lowest BCUT2D eigenvalue weighted by molar-refractivity contribution is -0.0120. The van der Waals surface area contributed by atoms with Gasteiger partial charge in [0, 0.05) is 11.6 Å². The van der Waals surface area contributed by atoms with E-state index in [-0.39, 0.29) is 5.54 Å². The lowest BCUT2D eigenvalue weighted by Gasteiger charge is -2.51. The van der Waals surface area contributed by atoms with Crippen LogP contribution < -0.4 is 0 Å². The molecule has 0 aliphatic heterocycles. The molecule has 0 aliphatic rings. The largest absolute Gasteiger partial charge is 0.296 e. The van der Waals surface area contributed by atoms with Crippen LogP contribution in [0.3, 0.4) is 0 Å². The van der Waals surface area contributed by atoms with E-state index in [9.17, 15) is 0 Å². The number of hydrogen-bond donors (Lipinski definition) is 0. The van der Waals surface area contributed by atoms with E-state index >= 15 is 0 Å². The van der Waals surface area contributed by atoms with Crippen molar-refractivity contribution in [3.63, 3.8) is 0 Å². The zero-order valence-electron chi connectivity index (χ0n) is 16.9. The first-order valence-electron chi connectivity index (χ1n) is 9.16. The normalized spacial score (nSPS) is 17.9. The molecule has 0 aromatic carbocycles. The summed E-state index contributed by atoms with van der Waals surface area (Å²) in [5.41, 5.74) is 0.644. The maximum atomic E-state index is 2.71. The van der Waals surface area contributed by atoms with E-state index in [4.69, 9.17) is 0 Å². The summed E-state index contributed by atoms with van der Waals surface area (Å²) in [7, 11) is 0. The molecule has 0 aliphatic carbocycles. The molecule has 0 aromatic rings. The quantitative estimate of drug-likeness (QED) is 0.487. The first-order valence-corrected chi connectivity index (χ1v) is 9.16. The van der Waals surface area contributed by atoms with E-state index in [0.29, 0.717) is 17.4 Å². The van der Waals surface area contributed by atoms with Gasteiger partial charge in [0.05, 0.1) is 0 Å². The van der Waals surface area contributed by atoms with E-state index in [1.54, 1.807) is 0 Å². The van der Waals surface area contributed by atoms with Gasteiger partial charge in [-0.25, -0.2) is 0 Å². The van der Waals surface area contributed by atoms with E-state index in [1.165, 1.54) is 19.4 Å². The van der Waals surface area contributed by atoms with Crippen molar-refractivity contribution < 1.29 is 0 Å². The van der Waals surface area contributed by atoms with Crippen LogP contribution in [0, 0.1) is 23.2 Å². The van der Waals surface area contributed by atoms with Gasteiger partial charge in [0.1, 0.15) is 0 Å². The SMILES string of the molecule is CCCN(C(C)C)C(C)(C)CC(C)(C(C)C)C(C)C(C)C. The second kappa shape index (κ2) is 7.99. The van der Waals surface area contributed by atoms with Gasteiger partial charge in [0.15, 0.2) is 0 Å². The molecule has 128 valence electrons. The highest BCUT2D eigenvalue weighted by atomic mass is 15.2. The summed E-state index contributed by atoms with van der Waals surface area (Å²) in [5, 5.41) is 0. The number of nitrogens with zero attached hydrogens (tertiary/aromatic N) is 1. The summed E-state index contributed by atoms with van der Waals surface area (Å²) in [5.74, 6) is 2.20. The summed E-state index contributed by atoms with van der Waals surface area (Å²) >= 11 is 0. The van der Waals surface area contributed by atoms with Gasteiger partial charge in [-0.05, 0) is 70.3 Å². The van der Waals surface area contributed by atoms with Gasteiger partial charge in [-0.2, -0.15) is 0 Å². The van der Waals surface area contributed by atoms with Gasteiger partial charge in [0.2, 0.25) is 0 Å². The van der Waals surface area contributed by atoms with Crippen LogP contribution in [0.5, 0.6) is 0 Å². The third kappa shape index (κ3) is 5.27. The first-order chi connectivity index (χ1) is 9.40. The Morgan fingerprint density at radius 1 is 0.857 bits per heavy atom. The predicted molar refractivity (Wildman–Crippen MR) is 97.8 cm³/mol. The summed E-state index contributed by atoms with van der Waals surface area (Å²) < 4.78 is 0. The molecule has 0 aromatic heterocycles. The van der Waals surface area contributed by atoms with Crippen LogP contribution >= 0.6 is 0 Å². The minimum atomic E-state index is 0.256. The van der Waals surface area contributed by atoms with Crippen molar-refractivity contribution in [2.24, 2.45) is 23.2 Å². The second-order valence-electron chi connectivity index (χ2n) is 8.97. The molecule has 2 atom stereocenters. The average Bonchev–Trinajstić information content (AvgIpc) is 2.33. The molecule has 21 heavy (non-hydrogen) atoms. The van der Waals surface area contributed by atoms with Crippen LogP contribution in [-0.4, -0.2) is 23.0 Å². The molecule has 0 amide bonds. The molecule has 0 spiro atoms. The van der Waals surface area contributed by atoms with Crippen molar-refractivity contribution in [2.75, 3.05) is 6.54 Å². The Hall–Kier alpha value is -0.0400. The Kier molecular flexibility index (Phi) is 7.98. The predicted octanol–water partition coefficient (Wildman–Crippen LogP) is 6.23. The van der Waals surface area contributed by atoms with Crippen molar-refractivity contribution in [3.8, 4) is 0 Å². The average molecular weight is 298 g/mol. The summed E-state index contributed by atoms with van der Waals surface area (Å²) in [4.78, 5) is 2.71. The number of rotatable bonds is 9. The lowest BCUT2D eigenvalue weighted by atomic mass is 9.61. The minimum absolute atomic E-state index is 0.256. The summed E-state index contributed by atoms with van der Waals surface area (Å²) in [6.45, 7) is 27.7. The van der Waals surface area contributed by atoms with Gasteiger partial charge >= 0.3 is 0 Å². The van der Waals surface area contributed by atoms with Crippen LogP contribution in [0.4, 0.5) is 0 Å². The molecule has 0 rings (SSSR count). The highest BCUT2D eigenvalue weighted by Gasteiger charge is 2.42. The zero-order valence-corrected chi connectivity index (χ0v) is 16.9. The Bertz CT molecular complexity index is 290. The smallest absolute Gasteiger partial charge is 0.0161 e. The van der Waals surface area contributed by atoms with Gasteiger partial charge < -0.3 is 0 Å². The van der Waals surface area contributed by atoms with Crippen molar-refractivity contribution in [2.45, 2.75) is 101 Å². The van der Waals surface area contributed by atoms with Crippen molar-refractivity contribution in [3.05, 3.63) is 0 Å². The zero-order chi connectivity index (χ0) is 17.0. The molecule has 0 saturated carbocycles. The second-order valence-corrected chi connectivity index (χ2v) is 8.97. The Labute approximate surface area is 135 Å². The van der Waals surface area contributed by atoms with Gasteiger partial charge in [-0.3, -0.25) is 4.90 Å². The fraction of sp³-hybridized carbons (Fsp3) is 1.00. The fourth-order valence-electron chi connectivity index (χ4n) is 4.19. The fourth-order valence-corrected chi connectivity index (χ4v) is 4.19. The molecule has 2 unspecified atom stereocenters. The molecule has 0 saturated heterocycles. The van der Waals surface area contributed by atoms with E-state index in [0.717, 1.165) is 11.8 Å². The summed E-state index contributed by atoms with van der Waals surface area (Å²) in [6, 6.07) is 0.616. The molecule has 1 heteroatoms. The van der Waals surface area contributed by atoms with Crippen molar-refractivity contribution in [1.82, 2.24) is 4.90 Å². The third-order valence-corrected chi connectivity index (χ3v) is 6.04. The highest BCUT2D eigenvalue weighted by Crippen LogP contribution is 2.46. The Morgan fingerprint density at radius 3 is 1.62 bits per heavy atom. The summed E-state index contributed by atoms with van der Waals surface area (Å²) in [6.07, 6.45) is 2.51. The molecule has 0 radical (unpaired) electrons. The van der Waals surface area contributed by atoms with Crippen LogP contribution in [0.1, 0.15) is 89.0 Å². The van der Waals surface area contributed by atoms with E-state index in [2.05, 4.69) is 81.1 Å². The minimum Gasteiger partial charge on any atom is -0.296 e.